The van der Waals surface area contributed by atoms with Crippen LogP contribution in [-0.2, 0) is 14.2 Å². The monoisotopic (exact) mass is 550 g/mol. The molecule has 0 amide bonds. The van der Waals surface area contributed by atoms with Crippen LogP contribution in [0.1, 0.15) is 105 Å². The highest BCUT2D eigenvalue weighted by molar-refractivity contribution is 5.15. The first-order valence-electron chi connectivity index (χ1n) is 16.7. The molecule has 0 heterocycles. The number of ether oxygens (including phenoxy) is 3. The molecule has 5 N–H and O–H groups in total. The predicted molar refractivity (Wildman–Crippen MR) is 158 cm³/mol. The van der Waals surface area contributed by atoms with Crippen molar-refractivity contribution in [3.05, 3.63) is 0 Å². The Kier molecular flexibility index (Phi) is 11.6. The van der Waals surface area contributed by atoms with E-state index in [0.717, 1.165) is 64.8 Å². The summed E-state index contributed by atoms with van der Waals surface area (Å²) in [7, 11) is 0. The molecular formula is C33H62N2O4. The quantitative estimate of drug-likeness (QED) is 0.232. The van der Waals surface area contributed by atoms with Crippen molar-refractivity contribution in [1.29, 1.82) is 0 Å². The van der Waals surface area contributed by atoms with Crippen LogP contribution in [0.5, 0.6) is 0 Å². The van der Waals surface area contributed by atoms with E-state index >= 15 is 0 Å². The maximum atomic E-state index is 9.57. The third kappa shape index (κ3) is 6.41. The SMILES string of the molecule is CCCO[C@H]1C[C@H]2[C@@H]([C@H](OCCCN)C[C@@H]3C[C@H](OCCCN)CC[C@@]32C)[C@@H]2CC[C@H]([C@H](C)CCCO)[C@@]12C. The summed E-state index contributed by atoms with van der Waals surface area (Å²) in [6.07, 6.45) is 14.4. The van der Waals surface area contributed by atoms with Gasteiger partial charge in [-0.3, -0.25) is 0 Å². The third-order valence-electron chi connectivity index (χ3n) is 12.2. The molecule has 0 unspecified atom stereocenters. The lowest BCUT2D eigenvalue weighted by molar-refractivity contribution is -0.227. The van der Waals surface area contributed by atoms with Gasteiger partial charge in [-0.25, -0.2) is 0 Å². The van der Waals surface area contributed by atoms with Gasteiger partial charge in [0.2, 0.25) is 0 Å². The zero-order valence-electron chi connectivity index (χ0n) is 25.8. The van der Waals surface area contributed by atoms with Crippen LogP contribution in [0.2, 0.25) is 0 Å². The maximum Gasteiger partial charge on any atom is 0.0637 e. The van der Waals surface area contributed by atoms with E-state index in [0.29, 0.717) is 78.9 Å². The van der Waals surface area contributed by atoms with Gasteiger partial charge in [-0.2, -0.15) is 0 Å². The zero-order valence-corrected chi connectivity index (χ0v) is 25.8. The lowest BCUT2D eigenvalue weighted by Gasteiger charge is -2.65. The number of aliphatic hydroxyl groups is 1. The number of hydrogen-bond donors (Lipinski definition) is 3. The average Bonchev–Trinajstić information content (AvgIpc) is 3.29. The van der Waals surface area contributed by atoms with Gasteiger partial charge in [0.1, 0.15) is 0 Å². The van der Waals surface area contributed by atoms with Crippen LogP contribution in [0.4, 0.5) is 0 Å². The molecule has 0 radical (unpaired) electrons. The molecule has 0 aliphatic heterocycles. The summed E-state index contributed by atoms with van der Waals surface area (Å²) in [5.41, 5.74) is 12.1. The van der Waals surface area contributed by atoms with Crippen molar-refractivity contribution in [3.63, 3.8) is 0 Å². The maximum absolute atomic E-state index is 9.57. The minimum Gasteiger partial charge on any atom is -0.396 e. The Morgan fingerprint density at radius 3 is 2.31 bits per heavy atom. The van der Waals surface area contributed by atoms with Crippen molar-refractivity contribution in [2.24, 2.45) is 57.8 Å². The van der Waals surface area contributed by atoms with Gasteiger partial charge in [-0.05, 0) is 131 Å². The topological polar surface area (TPSA) is 100.0 Å². The molecule has 0 aromatic rings. The Morgan fingerprint density at radius 1 is 0.872 bits per heavy atom. The van der Waals surface area contributed by atoms with E-state index in [4.69, 9.17) is 25.7 Å². The van der Waals surface area contributed by atoms with Gasteiger partial charge >= 0.3 is 0 Å². The van der Waals surface area contributed by atoms with E-state index in [-0.39, 0.29) is 5.41 Å². The number of nitrogens with two attached hydrogens (primary N) is 2. The van der Waals surface area contributed by atoms with Crippen molar-refractivity contribution in [1.82, 2.24) is 0 Å². The summed E-state index contributed by atoms with van der Waals surface area (Å²) in [6, 6.07) is 0. The van der Waals surface area contributed by atoms with Gasteiger partial charge in [0.15, 0.2) is 0 Å². The minimum atomic E-state index is 0.173. The highest BCUT2D eigenvalue weighted by Gasteiger charge is 2.66. The fourth-order valence-electron chi connectivity index (χ4n) is 10.2. The molecule has 6 heteroatoms. The van der Waals surface area contributed by atoms with E-state index in [1.54, 1.807) is 0 Å². The molecule has 0 aromatic carbocycles. The lowest BCUT2D eigenvalue weighted by atomic mass is 9.43. The third-order valence-corrected chi connectivity index (χ3v) is 12.2. The first-order chi connectivity index (χ1) is 18.8. The highest BCUT2D eigenvalue weighted by atomic mass is 16.5. The Bertz CT molecular complexity index is 738. The van der Waals surface area contributed by atoms with Gasteiger partial charge in [-0.15, -0.1) is 0 Å². The molecule has 228 valence electrons. The van der Waals surface area contributed by atoms with Crippen molar-refractivity contribution >= 4 is 0 Å². The average molecular weight is 551 g/mol. The van der Waals surface area contributed by atoms with Crippen molar-refractivity contribution < 1.29 is 19.3 Å². The lowest BCUT2D eigenvalue weighted by Crippen LogP contribution is -2.63. The molecule has 0 spiro atoms. The first kappa shape index (κ1) is 31.7. The summed E-state index contributed by atoms with van der Waals surface area (Å²) in [6.45, 7) is 14.0. The van der Waals surface area contributed by atoms with E-state index in [9.17, 15) is 5.11 Å². The van der Waals surface area contributed by atoms with Crippen LogP contribution >= 0.6 is 0 Å². The first-order valence-corrected chi connectivity index (χ1v) is 16.7. The Morgan fingerprint density at radius 2 is 1.62 bits per heavy atom. The van der Waals surface area contributed by atoms with Gasteiger partial charge in [-0.1, -0.05) is 27.7 Å². The van der Waals surface area contributed by atoms with Crippen LogP contribution in [0.25, 0.3) is 0 Å². The number of fused-ring (bicyclic) bond motifs is 5. The van der Waals surface area contributed by atoms with Gasteiger partial charge in [0, 0.05) is 31.8 Å². The molecule has 0 saturated heterocycles. The predicted octanol–water partition coefficient (Wildman–Crippen LogP) is 5.54. The molecule has 4 aliphatic carbocycles. The van der Waals surface area contributed by atoms with Crippen LogP contribution in [-0.4, -0.2) is 62.9 Å². The van der Waals surface area contributed by atoms with Gasteiger partial charge < -0.3 is 30.8 Å². The van der Waals surface area contributed by atoms with Crippen LogP contribution < -0.4 is 11.5 Å². The second kappa shape index (κ2) is 14.3. The molecule has 4 saturated carbocycles. The minimum absolute atomic E-state index is 0.173. The molecule has 4 aliphatic rings. The Balaban J connectivity index is 1.64. The fourth-order valence-corrected chi connectivity index (χ4v) is 10.2. The summed E-state index contributed by atoms with van der Waals surface area (Å²) in [5, 5.41) is 9.57. The Hall–Kier alpha value is -0.240. The molecular weight excluding hydrogens is 488 g/mol. The largest absolute Gasteiger partial charge is 0.396 e. The molecule has 39 heavy (non-hydrogen) atoms. The van der Waals surface area contributed by atoms with E-state index in [2.05, 4.69) is 27.7 Å². The van der Waals surface area contributed by atoms with E-state index in [1.165, 1.54) is 32.1 Å². The van der Waals surface area contributed by atoms with Crippen LogP contribution in [0.3, 0.4) is 0 Å². The van der Waals surface area contributed by atoms with E-state index in [1.807, 2.05) is 0 Å². The van der Waals surface area contributed by atoms with Crippen LogP contribution in [0, 0.1) is 46.3 Å². The standard InChI is InChI=1S/C33H62N2O4/c1-5-17-39-30-22-28-31(27-11-10-26(33(27,30)4)23(2)9-6-16-36)29(38-19-8-15-35)21-24-20-25(37-18-7-14-34)12-13-32(24,28)3/h23-31,36H,5-22,34-35H2,1-4H3/t23-,24+,25-,26-,27+,28+,29-,30+,31+,32+,33-/m1/s1. The smallest absolute Gasteiger partial charge is 0.0637 e. The summed E-state index contributed by atoms with van der Waals surface area (Å²) >= 11 is 0. The summed E-state index contributed by atoms with van der Waals surface area (Å²) in [4.78, 5) is 0. The second-order valence-corrected chi connectivity index (χ2v) is 14.2. The van der Waals surface area contributed by atoms with E-state index < -0.39 is 0 Å². The molecule has 4 rings (SSSR count). The molecule has 4 fully saturated rings. The van der Waals surface area contributed by atoms with Crippen LogP contribution in [0.15, 0.2) is 0 Å². The molecule has 0 aromatic heterocycles. The highest BCUT2D eigenvalue weighted by Crippen LogP contribution is 2.69. The van der Waals surface area contributed by atoms with Crippen molar-refractivity contribution in [2.45, 2.75) is 123 Å². The molecule has 11 atom stereocenters. The fraction of sp³-hybridized carbons (Fsp3) is 1.00. The molecule has 0 bridgehead atoms. The molecule has 6 nitrogen and oxygen atoms in total. The normalized spacial score (nSPS) is 42.5. The van der Waals surface area contributed by atoms with Gasteiger partial charge in [0.05, 0.1) is 18.3 Å². The zero-order chi connectivity index (χ0) is 28.0. The second-order valence-electron chi connectivity index (χ2n) is 14.2. The summed E-state index contributed by atoms with van der Waals surface area (Å²) < 4.78 is 20.1. The summed E-state index contributed by atoms with van der Waals surface area (Å²) in [5.74, 6) is 3.77. The Labute approximate surface area is 239 Å². The van der Waals surface area contributed by atoms with Crippen molar-refractivity contribution in [3.8, 4) is 0 Å². The number of rotatable bonds is 15. The number of hydrogen-bond acceptors (Lipinski definition) is 6. The van der Waals surface area contributed by atoms with Gasteiger partial charge in [0.25, 0.3) is 0 Å². The number of aliphatic hydroxyl groups excluding tert-OH is 1. The van der Waals surface area contributed by atoms with Crippen molar-refractivity contribution in [2.75, 3.05) is 39.5 Å².